The van der Waals surface area contributed by atoms with Gasteiger partial charge in [-0.2, -0.15) is 0 Å². The van der Waals surface area contributed by atoms with Gasteiger partial charge in [0.15, 0.2) is 11.5 Å². The first-order chi connectivity index (χ1) is 8.35. The van der Waals surface area contributed by atoms with Crippen molar-refractivity contribution in [3.05, 3.63) is 17.7 Å². The third kappa shape index (κ3) is 2.81. The normalized spacial score (nSPS) is 12.8. The van der Waals surface area contributed by atoms with E-state index in [0.717, 1.165) is 24.3 Å². The van der Waals surface area contributed by atoms with E-state index in [0.29, 0.717) is 18.0 Å². The lowest BCUT2D eigenvalue weighted by atomic mass is 10.2. The Labute approximate surface area is 100 Å². The average molecular weight is 239 g/mol. The molecule has 1 heterocycles. The van der Waals surface area contributed by atoms with Crippen molar-refractivity contribution in [1.82, 2.24) is 5.32 Å². The largest absolute Gasteiger partial charge is 0.493 e. The summed E-state index contributed by atoms with van der Waals surface area (Å²) in [6.07, 6.45) is 0.752. The molecule has 0 fully saturated rings. The highest BCUT2D eigenvalue weighted by Gasteiger charge is 2.19. The Morgan fingerprint density at radius 3 is 3.06 bits per heavy atom. The third-order valence-corrected chi connectivity index (χ3v) is 2.56. The zero-order valence-corrected chi connectivity index (χ0v) is 9.86. The molecular formula is C12H17NO4. The van der Waals surface area contributed by atoms with Gasteiger partial charge in [0.05, 0.1) is 7.11 Å². The van der Waals surface area contributed by atoms with Crippen LogP contribution in [0.1, 0.15) is 12.0 Å². The van der Waals surface area contributed by atoms with Gasteiger partial charge in [0.1, 0.15) is 0 Å². The summed E-state index contributed by atoms with van der Waals surface area (Å²) in [5.41, 5.74) is 1.07. The van der Waals surface area contributed by atoms with Crippen LogP contribution in [0.4, 0.5) is 0 Å². The van der Waals surface area contributed by atoms with E-state index in [-0.39, 0.29) is 13.4 Å². The quantitative estimate of drug-likeness (QED) is 0.722. The van der Waals surface area contributed by atoms with Crippen LogP contribution in [-0.4, -0.2) is 32.2 Å². The van der Waals surface area contributed by atoms with E-state index in [1.165, 1.54) is 0 Å². The SMILES string of the molecule is COc1cc(CNCCCO)cc2c1OCO2. The molecule has 1 aromatic rings. The summed E-state index contributed by atoms with van der Waals surface area (Å²) in [4.78, 5) is 0. The van der Waals surface area contributed by atoms with Crippen molar-refractivity contribution >= 4 is 0 Å². The van der Waals surface area contributed by atoms with Gasteiger partial charge in [-0.1, -0.05) is 0 Å². The second-order valence-corrected chi connectivity index (χ2v) is 3.79. The average Bonchev–Trinajstić information content (AvgIpc) is 2.81. The highest BCUT2D eigenvalue weighted by molar-refractivity contribution is 5.55. The van der Waals surface area contributed by atoms with Gasteiger partial charge in [-0.25, -0.2) is 0 Å². The molecule has 1 aromatic carbocycles. The Bertz CT molecular complexity index is 381. The zero-order chi connectivity index (χ0) is 12.1. The molecule has 1 aliphatic rings. The molecule has 0 saturated heterocycles. The number of aliphatic hydroxyl groups excluding tert-OH is 1. The molecule has 0 spiro atoms. The second-order valence-electron chi connectivity index (χ2n) is 3.79. The maximum atomic E-state index is 8.68. The molecule has 0 amide bonds. The summed E-state index contributed by atoms with van der Waals surface area (Å²) >= 11 is 0. The fourth-order valence-corrected chi connectivity index (χ4v) is 1.72. The number of ether oxygens (including phenoxy) is 3. The number of fused-ring (bicyclic) bond motifs is 1. The van der Waals surface area contributed by atoms with E-state index in [1.54, 1.807) is 7.11 Å². The van der Waals surface area contributed by atoms with Crippen LogP contribution in [0.3, 0.4) is 0 Å². The monoisotopic (exact) mass is 239 g/mol. The first-order valence-electron chi connectivity index (χ1n) is 5.63. The summed E-state index contributed by atoms with van der Waals surface area (Å²) in [5.74, 6) is 2.09. The van der Waals surface area contributed by atoms with Crippen LogP contribution in [-0.2, 0) is 6.54 Å². The Balaban J connectivity index is 2.03. The minimum Gasteiger partial charge on any atom is -0.493 e. The van der Waals surface area contributed by atoms with Crippen molar-refractivity contribution in [2.75, 3.05) is 27.1 Å². The fraction of sp³-hybridized carbons (Fsp3) is 0.500. The molecule has 5 nitrogen and oxygen atoms in total. The van der Waals surface area contributed by atoms with Gasteiger partial charge in [0.25, 0.3) is 0 Å². The number of methoxy groups -OCH3 is 1. The molecule has 0 radical (unpaired) electrons. The van der Waals surface area contributed by atoms with Crippen molar-refractivity contribution in [2.45, 2.75) is 13.0 Å². The van der Waals surface area contributed by atoms with Gasteiger partial charge in [0.2, 0.25) is 12.5 Å². The fourth-order valence-electron chi connectivity index (χ4n) is 1.72. The van der Waals surface area contributed by atoms with E-state index in [2.05, 4.69) is 5.32 Å². The number of nitrogens with one attached hydrogen (secondary N) is 1. The molecule has 0 atom stereocenters. The molecule has 0 saturated carbocycles. The molecule has 0 unspecified atom stereocenters. The van der Waals surface area contributed by atoms with Crippen molar-refractivity contribution in [1.29, 1.82) is 0 Å². The minimum absolute atomic E-state index is 0.206. The predicted molar refractivity (Wildman–Crippen MR) is 62.5 cm³/mol. The molecule has 0 aromatic heterocycles. The van der Waals surface area contributed by atoms with E-state index >= 15 is 0 Å². The molecular weight excluding hydrogens is 222 g/mol. The number of benzene rings is 1. The van der Waals surface area contributed by atoms with E-state index in [1.807, 2.05) is 12.1 Å². The topological polar surface area (TPSA) is 60.0 Å². The highest BCUT2D eigenvalue weighted by Crippen LogP contribution is 2.41. The lowest BCUT2D eigenvalue weighted by Gasteiger charge is -2.09. The maximum Gasteiger partial charge on any atom is 0.231 e. The summed E-state index contributed by atoms with van der Waals surface area (Å²) in [7, 11) is 1.61. The van der Waals surface area contributed by atoms with Crippen LogP contribution >= 0.6 is 0 Å². The number of hydrogen-bond donors (Lipinski definition) is 2. The molecule has 5 heteroatoms. The van der Waals surface area contributed by atoms with Crippen molar-refractivity contribution < 1.29 is 19.3 Å². The summed E-state index contributed by atoms with van der Waals surface area (Å²) in [6.45, 7) is 1.95. The zero-order valence-electron chi connectivity index (χ0n) is 9.86. The molecule has 1 aliphatic heterocycles. The minimum atomic E-state index is 0.206. The van der Waals surface area contributed by atoms with Crippen LogP contribution in [0.25, 0.3) is 0 Å². The predicted octanol–water partition coefficient (Wildman–Crippen LogP) is 0.896. The molecule has 17 heavy (non-hydrogen) atoms. The first-order valence-corrected chi connectivity index (χ1v) is 5.63. The third-order valence-electron chi connectivity index (χ3n) is 2.56. The van der Waals surface area contributed by atoms with Crippen molar-refractivity contribution in [3.63, 3.8) is 0 Å². The Hall–Kier alpha value is -1.46. The number of aliphatic hydroxyl groups is 1. The standard InChI is InChI=1S/C12H17NO4/c1-15-10-5-9(7-13-3-2-4-14)6-11-12(10)17-8-16-11/h5-6,13-14H,2-4,7-8H2,1H3. The Morgan fingerprint density at radius 1 is 1.41 bits per heavy atom. The van der Waals surface area contributed by atoms with Crippen LogP contribution in [0, 0.1) is 0 Å². The lowest BCUT2D eigenvalue weighted by Crippen LogP contribution is -2.15. The first kappa shape index (κ1) is 12.0. The summed E-state index contributed by atoms with van der Waals surface area (Å²) in [5, 5.41) is 11.9. The van der Waals surface area contributed by atoms with Gasteiger partial charge in [-0.3, -0.25) is 0 Å². The number of hydrogen-bond acceptors (Lipinski definition) is 5. The molecule has 2 rings (SSSR count). The van der Waals surface area contributed by atoms with Crippen molar-refractivity contribution in [3.8, 4) is 17.2 Å². The smallest absolute Gasteiger partial charge is 0.231 e. The van der Waals surface area contributed by atoms with Gasteiger partial charge >= 0.3 is 0 Å². The Morgan fingerprint density at radius 2 is 2.29 bits per heavy atom. The van der Waals surface area contributed by atoms with Gasteiger partial charge < -0.3 is 24.6 Å². The van der Waals surface area contributed by atoms with E-state index in [4.69, 9.17) is 19.3 Å². The summed E-state index contributed by atoms with van der Waals surface area (Å²) < 4.78 is 15.9. The maximum absolute atomic E-state index is 8.68. The van der Waals surface area contributed by atoms with Crippen LogP contribution in [0.15, 0.2) is 12.1 Å². The Kier molecular flexibility index (Phi) is 4.06. The number of rotatable bonds is 6. The van der Waals surface area contributed by atoms with Crippen LogP contribution in [0.2, 0.25) is 0 Å². The summed E-state index contributed by atoms with van der Waals surface area (Å²) in [6, 6.07) is 3.87. The highest BCUT2D eigenvalue weighted by atomic mass is 16.7. The molecule has 2 N–H and O–H groups in total. The van der Waals surface area contributed by atoms with E-state index < -0.39 is 0 Å². The van der Waals surface area contributed by atoms with E-state index in [9.17, 15) is 0 Å². The molecule has 94 valence electrons. The van der Waals surface area contributed by atoms with Crippen molar-refractivity contribution in [2.24, 2.45) is 0 Å². The van der Waals surface area contributed by atoms with Crippen LogP contribution < -0.4 is 19.5 Å². The second kappa shape index (κ2) is 5.75. The molecule has 0 bridgehead atoms. The molecule has 0 aliphatic carbocycles. The lowest BCUT2D eigenvalue weighted by molar-refractivity contribution is 0.171. The van der Waals surface area contributed by atoms with Gasteiger partial charge in [0, 0.05) is 13.2 Å². The van der Waals surface area contributed by atoms with Gasteiger partial charge in [-0.05, 0) is 30.7 Å². The van der Waals surface area contributed by atoms with Gasteiger partial charge in [-0.15, -0.1) is 0 Å². The van der Waals surface area contributed by atoms with Crippen LogP contribution in [0.5, 0.6) is 17.2 Å².